The fraction of sp³-hybridized carbons (Fsp3) is 0.409. The molecular weight excluding hydrogens is 344 g/mol. The number of nitrogens with zero attached hydrogens (tertiary/aromatic N) is 1. The van der Waals surface area contributed by atoms with Gasteiger partial charge in [0.15, 0.2) is 0 Å². The zero-order valence-corrected chi connectivity index (χ0v) is 15.8. The van der Waals surface area contributed by atoms with Gasteiger partial charge in [0.1, 0.15) is 0 Å². The SMILES string of the molecule is CC(NC(=O)N1CC2CC(c3ccccc3)CC2C1)c1ccc(Cl)cc1. The summed E-state index contributed by atoms with van der Waals surface area (Å²) in [6.45, 7) is 3.78. The predicted molar refractivity (Wildman–Crippen MR) is 105 cm³/mol. The summed E-state index contributed by atoms with van der Waals surface area (Å²) in [7, 11) is 0. The molecular formula is C22H25ClN2O. The number of urea groups is 1. The lowest BCUT2D eigenvalue weighted by Crippen LogP contribution is -2.40. The molecule has 4 heteroatoms. The molecule has 136 valence electrons. The van der Waals surface area contributed by atoms with Gasteiger partial charge in [-0.2, -0.15) is 0 Å². The van der Waals surface area contributed by atoms with Crippen LogP contribution >= 0.6 is 11.6 Å². The number of amides is 2. The summed E-state index contributed by atoms with van der Waals surface area (Å²) < 4.78 is 0. The smallest absolute Gasteiger partial charge is 0.317 e. The molecule has 1 heterocycles. The van der Waals surface area contributed by atoms with Crippen molar-refractivity contribution in [2.45, 2.75) is 31.7 Å². The minimum Gasteiger partial charge on any atom is -0.331 e. The highest BCUT2D eigenvalue weighted by molar-refractivity contribution is 6.30. The molecule has 2 fully saturated rings. The number of rotatable bonds is 3. The van der Waals surface area contributed by atoms with Gasteiger partial charge in [0.25, 0.3) is 0 Å². The lowest BCUT2D eigenvalue weighted by molar-refractivity contribution is 0.201. The van der Waals surface area contributed by atoms with E-state index in [1.807, 2.05) is 36.1 Å². The van der Waals surface area contributed by atoms with Crippen LogP contribution in [-0.4, -0.2) is 24.0 Å². The molecule has 4 rings (SSSR count). The number of carbonyl (C=O) groups is 1. The van der Waals surface area contributed by atoms with Gasteiger partial charge < -0.3 is 10.2 Å². The van der Waals surface area contributed by atoms with E-state index in [1.54, 1.807) is 0 Å². The third kappa shape index (κ3) is 3.59. The molecule has 2 aromatic rings. The van der Waals surface area contributed by atoms with Crippen LogP contribution in [-0.2, 0) is 0 Å². The first-order valence-corrected chi connectivity index (χ1v) is 9.84. The molecule has 3 atom stereocenters. The molecule has 3 unspecified atom stereocenters. The zero-order chi connectivity index (χ0) is 18.1. The number of benzene rings is 2. The average Bonchev–Trinajstić information content (AvgIpc) is 3.22. The van der Waals surface area contributed by atoms with Crippen LogP contribution in [0.1, 0.15) is 42.9 Å². The van der Waals surface area contributed by atoms with Crippen molar-refractivity contribution in [2.24, 2.45) is 11.8 Å². The zero-order valence-electron chi connectivity index (χ0n) is 15.1. The number of nitrogens with one attached hydrogen (secondary N) is 1. The molecule has 2 aromatic carbocycles. The van der Waals surface area contributed by atoms with E-state index in [1.165, 1.54) is 18.4 Å². The van der Waals surface area contributed by atoms with Crippen LogP contribution in [0.5, 0.6) is 0 Å². The summed E-state index contributed by atoms with van der Waals surface area (Å²) in [5, 5.41) is 3.85. The average molecular weight is 369 g/mol. The maximum absolute atomic E-state index is 12.7. The van der Waals surface area contributed by atoms with Crippen molar-refractivity contribution >= 4 is 17.6 Å². The highest BCUT2D eigenvalue weighted by Gasteiger charge is 2.42. The molecule has 1 N–H and O–H groups in total. The largest absolute Gasteiger partial charge is 0.331 e. The van der Waals surface area contributed by atoms with Gasteiger partial charge in [0.05, 0.1) is 6.04 Å². The first-order chi connectivity index (χ1) is 12.6. The number of hydrogen-bond donors (Lipinski definition) is 1. The molecule has 3 nitrogen and oxygen atoms in total. The molecule has 0 spiro atoms. The van der Waals surface area contributed by atoms with Crippen LogP contribution < -0.4 is 5.32 Å². The highest BCUT2D eigenvalue weighted by atomic mass is 35.5. The molecule has 1 saturated carbocycles. The number of fused-ring (bicyclic) bond motifs is 1. The Morgan fingerprint density at radius 3 is 2.27 bits per heavy atom. The first kappa shape index (κ1) is 17.4. The second kappa shape index (κ2) is 7.32. The Bertz CT molecular complexity index is 747. The maximum Gasteiger partial charge on any atom is 0.317 e. The van der Waals surface area contributed by atoms with E-state index in [9.17, 15) is 4.79 Å². The van der Waals surface area contributed by atoms with Crippen LogP contribution in [0.3, 0.4) is 0 Å². The van der Waals surface area contributed by atoms with Gasteiger partial charge in [-0.15, -0.1) is 0 Å². The van der Waals surface area contributed by atoms with E-state index in [4.69, 9.17) is 11.6 Å². The lowest BCUT2D eigenvalue weighted by Gasteiger charge is -2.23. The summed E-state index contributed by atoms with van der Waals surface area (Å²) in [6.07, 6.45) is 2.40. The summed E-state index contributed by atoms with van der Waals surface area (Å²) in [5.41, 5.74) is 2.53. The van der Waals surface area contributed by atoms with Gasteiger partial charge in [-0.1, -0.05) is 54.1 Å². The van der Waals surface area contributed by atoms with Crippen LogP contribution in [0, 0.1) is 11.8 Å². The standard InChI is InChI=1S/C22H25ClN2O/c1-15(16-7-9-21(23)10-8-16)24-22(26)25-13-19-11-18(12-20(19)14-25)17-5-3-2-4-6-17/h2-10,15,18-20H,11-14H2,1H3,(H,24,26). The monoisotopic (exact) mass is 368 g/mol. The molecule has 0 aromatic heterocycles. The number of hydrogen-bond acceptors (Lipinski definition) is 1. The number of halogens is 1. The summed E-state index contributed by atoms with van der Waals surface area (Å²) >= 11 is 5.94. The number of carbonyl (C=O) groups excluding carboxylic acids is 1. The van der Waals surface area contributed by atoms with Crippen molar-refractivity contribution in [3.8, 4) is 0 Å². The van der Waals surface area contributed by atoms with Crippen molar-refractivity contribution in [1.29, 1.82) is 0 Å². The molecule has 26 heavy (non-hydrogen) atoms. The fourth-order valence-corrected chi connectivity index (χ4v) is 4.70. The predicted octanol–water partition coefficient (Wildman–Crippen LogP) is 5.24. The topological polar surface area (TPSA) is 32.3 Å². The highest BCUT2D eigenvalue weighted by Crippen LogP contribution is 2.46. The summed E-state index contributed by atoms with van der Waals surface area (Å²) in [4.78, 5) is 14.7. The van der Waals surface area contributed by atoms with Crippen molar-refractivity contribution in [3.63, 3.8) is 0 Å². The molecule has 0 bridgehead atoms. The molecule has 1 aliphatic carbocycles. The molecule has 1 aliphatic heterocycles. The Hall–Kier alpha value is -2.00. The fourth-order valence-electron chi connectivity index (χ4n) is 4.57. The van der Waals surface area contributed by atoms with Crippen molar-refractivity contribution < 1.29 is 4.79 Å². The molecule has 0 radical (unpaired) electrons. The van der Waals surface area contributed by atoms with E-state index in [2.05, 4.69) is 35.6 Å². The van der Waals surface area contributed by atoms with Crippen LogP contribution in [0.15, 0.2) is 54.6 Å². The lowest BCUT2D eigenvalue weighted by atomic mass is 9.96. The quantitative estimate of drug-likeness (QED) is 0.789. The third-order valence-electron chi connectivity index (χ3n) is 6.02. The minimum atomic E-state index is -0.0164. The van der Waals surface area contributed by atoms with Gasteiger partial charge >= 0.3 is 6.03 Å². The Kier molecular flexibility index (Phi) is 4.90. The second-order valence-electron chi connectivity index (χ2n) is 7.73. The Morgan fingerprint density at radius 1 is 1.04 bits per heavy atom. The van der Waals surface area contributed by atoms with E-state index < -0.39 is 0 Å². The van der Waals surface area contributed by atoms with E-state index in [0.717, 1.165) is 18.7 Å². The van der Waals surface area contributed by atoms with Crippen LogP contribution in [0.2, 0.25) is 5.02 Å². The Labute approximate surface area is 160 Å². The summed E-state index contributed by atoms with van der Waals surface area (Å²) in [5.74, 6) is 1.93. The first-order valence-electron chi connectivity index (χ1n) is 9.46. The molecule has 1 saturated heterocycles. The van der Waals surface area contributed by atoms with E-state index >= 15 is 0 Å². The van der Waals surface area contributed by atoms with Gasteiger partial charge in [-0.05, 0) is 60.8 Å². The normalized spacial score (nSPS) is 25.8. The number of likely N-dealkylation sites (tertiary alicyclic amines) is 1. The maximum atomic E-state index is 12.7. The molecule has 2 amide bonds. The van der Waals surface area contributed by atoms with Crippen LogP contribution in [0.25, 0.3) is 0 Å². The van der Waals surface area contributed by atoms with Gasteiger partial charge in [-0.25, -0.2) is 4.79 Å². The Balaban J connectivity index is 1.32. The van der Waals surface area contributed by atoms with Crippen molar-refractivity contribution in [2.75, 3.05) is 13.1 Å². The Morgan fingerprint density at radius 2 is 1.65 bits per heavy atom. The second-order valence-corrected chi connectivity index (χ2v) is 8.16. The van der Waals surface area contributed by atoms with Gasteiger partial charge in [-0.3, -0.25) is 0 Å². The van der Waals surface area contributed by atoms with E-state index in [0.29, 0.717) is 22.8 Å². The summed E-state index contributed by atoms with van der Waals surface area (Å²) in [6, 6.07) is 18.5. The van der Waals surface area contributed by atoms with Crippen LogP contribution in [0.4, 0.5) is 4.79 Å². The van der Waals surface area contributed by atoms with E-state index in [-0.39, 0.29) is 12.1 Å². The van der Waals surface area contributed by atoms with Gasteiger partial charge in [0, 0.05) is 18.1 Å². The van der Waals surface area contributed by atoms with Crippen molar-refractivity contribution in [3.05, 3.63) is 70.7 Å². The third-order valence-corrected chi connectivity index (χ3v) is 6.27. The van der Waals surface area contributed by atoms with Crippen molar-refractivity contribution in [1.82, 2.24) is 10.2 Å². The van der Waals surface area contributed by atoms with Gasteiger partial charge in [0.2, 0.25) is 0 Å². The molecule has 2 aliphatic rings. The minimum absolute atomic E-state index is 0.0164.